The normalized spacial score (nSPS) is 21.3. The Hall–Kier alpha value is -1.40. The molecule has 0 aliphatic heterocycles. The van der Waals surface area contributed by atoms with Crippen LogP contribution in [0.3, 0.4) is 0 Å². The minimum Gasteiger partial charge on any atom is -0.497 e. The van der Waals surface area contributed by atoms with Crippen LogP contribution < -0.4 is 9.54 Å². The van der Waals surface area contributed by atoms with Crippen LogP contribution in [0.25, 0.3) is 0 Å². The zero-order valence-electron chi connectivity index (χ0n) is 15.0. The first-order valence-electron chi connectivity index (χ1n) is 9.09. The first kappa shape index (κ1) is 19.4. The van der Waals surface area contributed by atoms with Gasteiger partial charge in [0, 0.05) is 16.1 Å². The quantitative estimate of drug-likeness (QED) is 0.721. The van der Waals surface area contributed by atoms with Gasteiger partial charge < -0.3 is 9.30 Å². The van der Waals surface area contributed by atoms with Crippen molar-refractivity contribution in [2.45, 2.75) is 45.1 Å². The number of methoxy groups -OCH3 is 1. The second-order valence-electron chi connectivity index (χ2n) is 7.23. The van der Waals surface area contributed by atoms with Crippen molar-refractivity contribution in [3.63, 3.8) is 0 Å². The Morgan fingerprint density at radius 1 is 1.19 bits per heavy atom. The SMILES string of the molecule is Br.COc1ccc(C(=O)Cn2c3c(sc2=N)CC2CCCCC2C3)cc1. The van der Waals surface area contributed by atoms with Gasteiger partial charge in [-0.2, -0.15) is 0 Å². The third-order valence-electron chi connectivity index (χ3n) is 5.80. The van der Waals surface area contributed by atoms with Gasteiger partial charge in [0.25, 0.3) is 0 Å². The van der Waals surface area contributed by atoms with E-state index in [1.165, 1.54) is 36.3 Å². The molecule has 2 atom stereocenters. The molecule has 2 unspecified atom stereocenters. The number of fused-ring (bicyclic) bond motifs is 2. The maximum atomic E-state index is 12.7. The summed E-state index contributed by atoms with van der Waals surface area (Å²) >= 11 is 1.57. The number of hydrogen-bond donors (Lipinski definition) is 1. The van der Waals surface area contributed by atoms with E-state index < -0.39 is 0 Å². The van der Waals surface area contributed by atoms with Gasteiger partial charge >= 0.3 is 0 Å². The first-order chi connectivity index (χ1) is 12.2. The van der Waals surface area contributed by atoms with E-state index >= 15 is 0 Å². The number of ketones is 1. The van der Waals surface area contributed by atoms with Gasteiger partial charge in [0.1, 0.15) is 5.75 Å². The highest BCUT2D eigenvalue weighted by Crippen LogP contribution is 2.40. The fourth-order valence-corrected chi connectivity index (χ4v) is 5.50. The van der Waals surface area contributed by atoms with E-state index in [9.17, 15) is 4.79 Å². The van der Waals surface area contributed by atoms with E-state index in [4.69, 9.17) is 10.1 Å². The summed E-state index contributed by atoms with van der Waals surface area (Å²) < 4.78 is 7.11. The van der Waals surface area contributed by atoms with E-state index in [-0.39, 0.29) is 29.3 Å². The molecule has 0 bridgehead atoms. The Morgan fingerprint density at radius 2 is 1.85 bits per heavy atom. The van der Waals surface area contributed by atoms with Crippen LogP contribution in [0.2, 0.25) is 0 Å². The molecule has 4 nitrogen and oxygen atoms in total. The molecule has 0 spiro atoms. The van der Waals surface area contributed by atoms with Crippen molar-refractivity contribution in [1.82, 2.24) is 4.57 Å². The number of carbonyl (C=O) groups excluding carboxylic acids is 1. The summed E-state index contributed by atoms with van der Waals surface area (Å²) in [5.74, 6) is 2.36. The number of Topliss-reactive ketones (excluding diaryl/α,β-unsaturated/α-hetero) is 1. The zero-order valence-corrected chi connectivity index (χ0v) is 17.5. The van der Waals surface area contributed by atoms with E-state index in [1.54, 1.807) is 30.6 Å². The van der Waals surface area contributed by atoms with Crippen molar-refractivity contribution in [2.24, 2.45) is 11.8 Å². The van der Waals surface area contributed by atoms with Crippen LogP contribution in [-0.2, 0) is 19.4 Å². The van der Waals surface area contributed by atoms with Crippen LogP contribution in [0.15, 0.2) is 24.3 Å². The summed E-state index contributed by atoms with van der Waals surface area (Å²) in [6.07, 6.45) is 7.48. The molecule has 1 saturated carbocycles. The number of nitrogens with one attached hydrogen (secondary N) is 1. The Kier molecular flexibility index (Phi) is 6.03. The maximum Gasteiger partial charge on any atom is 0.182 e. The Morgan fingerprint density at radius 3 is 2.50 bits per heavy atom. The molecule has 2 aliphatic carbocycles. The third-order valence-corrected chi connectivity index (χ3v) is 6.86. The van der Waals surface area contributed by atoms with E-state index in [2.05, 4.69) is 0 Å². The molecule has 0 radical (unpaired) electrons. The van der Waals surface area contributed by atoms with E-state index in [0.29, 0.717) is 10.4 Å². The van der Waals surface area contributed by atoms with Crippen molar-refractivity contribution < 1.29 is 9.53 Å². The fraction of sp³-hybridized carbons (Fsp3) is 0.500. The number of carbonyl (C=O) groups is 1. The fourth-order valence-electron chi connectivity index (χ4n) is 4.37. The maximum absolute atomic E-state index is 12.7. The van der Waals surface area contributed by atoms with Crippen molar-refractivity contribution in [1.29, 1.82) is 5.41 Å². The Bertz CT molecular complexity index is 840. The van der Waals surface area contributed by atoms with E-state index in [0.717, 1.165) is 30.4 Å². The second kappa shape index (κ2) is 8.09. The van der Waals surface area contributed by atoms with Gasteiger partial charge in [-0.25, -0.2) is 0 Å². The lowest BCUT2D eigenvalue weighted by Crippen LogP contribution is -2.30. The number of aromatic nitrogens is 1. The van der Waals surface area contributed by atoms with Crippen molar-refractivity contribution in [3.05, 3.63) is 45.2 Å². The molecule has 1 aromatic carbocycles. The molecule has 140 valence electrons. The van der Waals surface area contributed by atoms with Gasteiger partial charge in [-0.3, -0.25) is 10.2 Å². The molecule has 2 aliphatic rings. The number of rotatable bonds is 4. The highest BCUT2D eigenvalue weighted by Gasteiger charge is 2.33. The van der Waals surface area contributed by atoms with Crippen LogP contribution in [0.1, 0.15) is 46.6 Å². The molecule has 2 aromatic rings. The average molecular weight is 437 g/mol. The number of benzene rings is 1. The lowest BCUT2D eigenvalue weighted by molar-refractivity contribution is 0.0968. The average Bonchev–Trinajstić information content (AvgIpc) is 2.94. The largest absolute Gasteiger partial charge is 0.497 e. The predicted octanol–water partition coefficient (Wildman–Crippen LogP) is 4.40. The molecule has 0 amide bonds. The smallest absolute Gasteiger partial charge is 0.182 e. The number of hydrogen-bond acceptors (Lipinski definition) is 4. The monoisotopic (exact) mass is 436 g/mol. The van der Waals surface area contributed by atoms with Gasteiger partial charge in [-0.15, -0.1) is 28.3 Å². The van der Waals surface area contributed by atoms with Crippen LogP contribution in [0.5, 0.6) is 5.75 Å². The molecule has 1 fully saturated rings. The number of ether oxygens (including phenoxy) is 1. The van der Waals surface area contributed by atoms with Gasteiger partial charge in [0.15, 0.2) is 10.6 Å². The van der Waals surface area contributed by atoms with Gasteiger partial charge in [0.2, 0.25) is 0 Å². The summed E-state index contributed by atoms with van der Waals surface area (Å²) in [6, 6.07) is 7.24. The Labute approximate surface area is 168 Å². The van der Waals surface area contributed by atoms with Gasteiger partial charge in [-0.05, 0) is 61.8 Å². The molecule has 1 aromatic heterocycles. The topological polar surface area (TPSA) is 55.1 Å². The van der Waals surface area contributed by atoms with Crippen LogP contribution in [0, 0.1) is 17.2 Å². The standard InChI is InChI=1S/C20H24N2O2S.BrH/c1-24-16-8-6-13(7-9-16)18(23)12-22-17-10-14-4-2-3-5-15(14)11-19(17)25-20(22)21;/h6-9,14-15,21H,2-5,10-12H2,1H3;1H. The summed E-state index contributed by atoms with van der Waals surface area (Å²) in [5, 5.41) is 8.36. The molecule has 26 heavy (non-hydrogen) atoms. The van der Waals surface area contributed by atoms with Crippen LogP contribution >= 0.6 is 28.3 Å². The summed E-state index contributed by atoms with van der Waals surface area (Å²) in [6.45, 7) is 0.272. The van der Waals surface area contributed by atoms with Gasteiger partial charge in [-0.1, -0.05) is 12.8 Å². The summed E-state index contributed by atoms with van der Waals surface area (Å²) in [5.41, 5.74) is 1.93. The second-order valence-corrected chi connectivity index (χ2v) is 8.31. The summed E-state index contributed by atoms with van der Waals surface area (Å²) in [4.78, 5) is 14.6. The van der Waals surface area contributed by atoms with Crippen LogP contribution in [0.4, 0.5) is 0 Å². The number of thiazole rings is 1. The van der Waals surface area contributed by atoms with Crippen molar-refractivity contribution in [2.75, 3.05) is 7.11 Å². The number of halogens is 1. The highest BCUT2D eigenvalue weighted by atomic mass is 79.9. The van der Waals surface area contributed by atoms with Crippen molar-refractivity contribution in [3.8, 4) is 5.75 Å². The van der Waals surface area contributed by atoms with Crippen molar-refractivity contribution >= 4 is 34.1 Å². The molecular weight excluding hydrogens is 412 g/mol. The molecule has 1 N–H and O–H groups in total. The minimum absolute atomic E-state index is 0. The summed E-state index contributed by atoms with van der Waals surface area (Å²) in [7, 11) is 1.62. The third kappa shape index (κ3) is 3.67. The molecule has 6 heteroatoms. The first-order valence-corrected chi connectivity index (χ1v) is 9.90. The highest BCUT2D eigenvalue weighted by molar-refractivity contribution is 8.93. The Balaban J connectivity index is 0.00000196. The number of nitrogens with zero attached hydrogens (tertiary/aromatic N) is 1. The molecule has 4 rings (SSSR count). The predicted molar refractivity (Wildman–Crippen MR) is 109 cm³/mol. The van der Waals surface area contributed by atoms with E-state index in [1.807, 2.05) is 16.7 Å². The van der Waals surface area contributed by atoms with Crippen LogP contribution in [-0.4, -0.2) is 17.5 Å². The van der Waals surface area contributed by atoms with Gasteiger partial charge in [0.05, 0.1) is 13.7 Å². The zero-order chi connectivity index (χ0) is 17.4. The minimum atomic E-state index is 0. The molecule has 1 heterocycles. The lowest BCUT2D eigenvalue weighted by Gasteiger charge is -2.35. The lowest BCUT2D eigenvalue weighted by atomic mass is 9.72. The molecular formula is C20H25BrN2O2S. The molecule has 0 saturated heterocycles.